The third-order valence-corrected chi connectivity index (χ3v) is 5.40. The Morgan fingerprint density at radius 3 is 2.48 bits per heavy atom. The summed E-state index contributed by atoms with van der Waals surface area (Å²) in [6, 6.07) is 9.76. The molecule has 2 N–H and O–H groups in total. The molecule has 0 saturated carbocycles. The summed E-state index contributed by atoms with van der Waals surface area (Å²) in [6.07, 6.45) is 1.26. The quantitative estimate of drug-likeness (QED) is 0.852. The van der Waals surface area contributed by atoms with Crippen molar-refractivity contribution in [3.05, 3.63) is 53.8 Å². The molecule has 0 aliphatic carbocycles. The third-order valence-electron chi connectivity index (χ3n) is 4.04. The summed E-state index contributed by atoms with van der Waals surface area (Å²) in [6.45, 7) is 0.115. The molecule has 0 spiro atoms. The van der Waals surface area contributed by atoms with Gasteiger partial charge in [0.2, 0.25) is 5.91 Å². The minimum absolute atomic E-state index is 0.00711. The van der Waals surface area contributed by atoms with Crippen LogP contribution in [0.3, 0.4) is 0 Å². The van der Waals surface area contributed by atoms with Crippen molar-refractivity contribution < 1.29 is 22.7 Å². The van der Waals surface area contributed by atoms with Gasteiger partial charge in [0, 0.05) is 24.2 Å². The number of rotatable bonds is 5. The van der Waals surface area contributed by atoms with Crippen molar-refractivity contribution in [1.82, 2.24) is 0 Å². The predicted molar refractivity (Wildman–Crippen MR) is 91.2 cm³/mol. The van der Waals surface area contributed by atoms with Crippen molar-refractivity contribution in [3.63, 3.8) is 0 Å². The lowest BCUT2D eigenvalue weighted by atomic mass is 10.2. The van der Waals surface area contributed by atoms with E-state index in [-0.39, 0.29) is 22.1 Å². The highest BCUT2D eigenvalue weighted by Gasteiger charge is 2.23. The molecular weight excluding hydrogens is 347 g/mol. The number of para-hydroxylation sites is 1. The number of amides is 1. The van der Waals surface area contributed by atoms with Crippen LogP contribution in [0.15, 0.2) is 47.4 Å². The van der Waals surface area contributed by atoms with Crippen LogP contribution in [0, 0.1) is 5.82 Å². The fourth-order valence-corrected chi connectivity index (χ4v) is 3.84. The van der Waals surface area contributed by atoms with Crippen molar-refractivity contribution in [2.75, 3.05) is 16.2 Å². The zero-order valence-corrected chi connectivity index (χ0v) is 14.1. The highest BCUT2D eigenvalue weighted by Crippen LogP contribution is 2.26. The van der Waals surface area contributed by atoms with Crippen LogP contribution < -0.4 is 9.62 Å². The lowest BCUT2D eigenvalue weighted by Gasteiger charge is -2.16. The minimum atomic E-state index is -4.03. The van der Waals surface area contributed by atoms with Crippen LogP contribution in [-0.2, 0) is 21.4 Å². The SMILES string of the molecule is O=C1CCCN1c1ccc(S(=O)(=O)Nc2c(F)cccc2CO)cc1. The van der Waals surface area contributed by atoms with E-state index in [1.54, 1.807) is 17.0 Å². The average Bonchev–Trinajstić information content (AvgIpc) is 3.03. The Morgan fingerprint density at radius 2 is 1.88 bits per heavy atom. The first-order valence-electron chi connectivity index (χ1n) is 7.74. The van der Waals surface area contributed by atoms with Gasteiger partial charge in [-0.1, -0.05) is 12.1 Å². The summed E-state index contributed by atoms with van der Waals surface area (Å²) >= 11 is 0. The molecule has 25 heavy (non-hydrogen) atoms. The second-order valence-electron chi connectivity index (χ2n) is 5.68. The maximum absolute atomic E-state index is 13.9. The summed E-state index contributed by atoms with van der Waals surface area (Å²) < 4.78 is 41.0. The number of nitrogens with one attached hydrogen (secondary N) is 1. The zero-order chi connectivity index (χ0) is 18.0. The number of carbonyl (C=O) groups excluding carboxylic acids is 1. The number of hydrogen-bond acceptors (Lipinski definition) is 4. The first kappa shape index (κ1) is 17.4. The Hall–Kier alpha value is -2.45. The summed E-state index contributed by atoms with van der Waals surface area (Å²) in [5.41, 5.74) is 0.495. The van der Waals surface area contributed by atoms with E-state index in [1.165, 1.54) is 24.3 Å². The van der Waals surface area contributed by atoms with Gasteiger partial charge in [0.1, 0.15) is 5.82 Å². The molecule has 1 aliphatic rings. The van der Waals surface area contributed by atoms with E-state index in [1.807, 2.05) is 0 Å². The average molecular weight is 364 g/mol. The molecular formula is C17H17FN2O4S. The van der Waals surface area contributed by atoms with E-state index in [0.29, 0.717) is 18.7 Å². The molecule has 1 saturated heterocycles. The van der Waals surface area contributed by atoms with E-state index in [9.17, 15) is 22.7 Å². The van der Waals surface area contributed by atoms with Crippen LogP contribution in [0.25, 0.3) is 0 Å². The first-order valence-corrected chi connectivity index (χ1v) is 9.22. The number of hydrogen-bond donors (Lipinski definition) is 2. The molecule has 132 valence electrons. The number of aliphatic hydroxyl groups is 1. The molecule has 1 heterocycles. The van der Waals surface area contributed by atoms with Crippen LogP contribution >= 0.6 is 0 Å². The standard InChI is InChI=1S/C17H17FN2O4S/c18-15-4-1-3-12(11-21)17(15)19-25(23,24)14-8-6-13(7-9-14)20-10-2-5-16(20)22/h1,3-4,6-9,19,21H,2,5,10-11H2. The van der Waals surface area contributed by atoms with E-state index >= 15 is 0 Å². The Kier molecular flexibility index (Phi) is 4.73. The van der Waals surface area contributed by atoms with Gasteiger partial charge in [0.25, 0.3) is 10.0 Å². The number of sulfonamides is 1. The number of benzene rings is 2. The van der Waals surface area contributed by atoms with Gasteiger partial charge in [-0.25, -0.2) is 12.8 Å². The second-order valence-corrected chi connectivity index (χ2v) is 7.36. The maximum atomic E-state index is 13.9. The van der Waals surface area contributed by atoms with Gasteiger partial charge < -0.3 is 10.0 Å². The van der Waals surface area contributed by atoms with Crippen molar-refractivity contribution in [2.45, 2.75) is 24.3 Å². The summed E-state index contributed by atoms with van der Waals surface area (Å²) in [5.74, 6) is -0.762. The normalized spacial score (nSPS) is 14.8. The molecule has 0 unspecified atom stereocenters. The second kappa shape index (κ2) is 6.81. The van der Waals surface area contributed by atoms with Crippen LogP contribution in [0.4, 0.5) is 15.8 Å². The van der Waals surface area contributed by atoms with Crippen molar-refractivity contribution in [3.8, 4) is 0 Å². The molecule has 6 nitrogen and oxygen atoms in total. The maximum Gasteiger partial charge on any atom is 0.261 e. The van der Waals surface area contributed by atoms with Crippen LogP contribution in [0.1, 0.15) is 18.4 Å². The van der Waals surface area contributed by atoms with Crippen molar-refractivity contribution >= 4 is 27.3 Å². The first-order chi connectivity index (χ1) is 11.9. The lowest BCUT2D eigenvalue weighted by Crippen LogP contribution is -2.23. The van der Waals surface area contributed by atoms with Crippen LogP contribution in [0.2, 0.25) is 0 Å². The van der Waals surface area contributed by atoms with Gasteiger partial charge in [0.15, 0.2) is 0 Å². The molecule has 3 rings (SSSR count). The predicted octanol–water partition coefficient (Wildman–Crippen LogP) is 2.25. The summed E-state index contributed by atoms with van der Waals surface area (Å²) in [5, 5.41) is 9.25. The number of aliphatic hydroxyl groups excluding tert-OH is 1. The molecule has 0 atom stereocenters. The van der Waals surface area contributed by atoms with E-state index < -0.39 is 22.4 Å². The smallest absolute Gasteiger partial charge is 0.261 e. The van der Waals surface area contributed by atoms with Crippen molar-refractivity contribution in [2.24, 2.45) is 0 Å². The number of halogens is 1. The Morgan fingerprint density at radius 1 is 1.16 bits per heavy atom. The topological polar surface area (TPSA) is 86.7 Å². The monoisotopic (exact) mass is 364 g/mol. The van der Waals surface area contributed by atoms with Crippen LogP contribution in [-0.4, -0.2) is 26.0 Å². The van der Waals surface area contributed by atoms with Gasteiger partial charge in [-0.15, -0.1) is 0 Å². The third kappa shape index (κ3) is 3.49. The van der Waals surface area contributed by atoms with Crippen LogP contribution in [0.5, 0.6) is 0 Å². The van der Waals surface area contributed by atoms with Gasteiger partial charge >= 0.3 is 0 Å². The molecule has 8 heteroatoms. The number of nitrogens with zero attached hydrogens (tertiary/aromatic N) is 1. The Balaban J connectivity index is 1.87. The molecule has 1 aliphatic heterocycles. The number of carbonyl (C=O) groups is 1. The summed E-state index contributed by atoms with van der Waals surface area (Å²) in [4.78, 5) is 13.3. The molecule has 2 aromatic rings. The minimum Gasteiger partial charge on any atom is -0.392 e. The van der Waals surface area contributed by atoms with E-state index in [4.69, 9.17) is 0 Å². The van der Waals surface area contributed by atoms with Gasteiger partial charge in [-0.05, 0) is 36.8 Å². The largest absolute Gasteiger partial charge is 0.392 e. The van der Waals surface area contributed by atoms with E-state index in [2.05, 4.69) is 4.72 Å². The fourth-order valence-electron chi connectivity index (χ4n) is 2.73. The molecule has 2 aromatic carbocycles. The van der Waals surface area contributed by atoms with Gasteiger partial charge in [0.05, 0.1) is 17.2 Å². The highest BCUT2D eigenvalue weighted by molar-refractivity contribution is 7.92. The number of anilines is 2. The van der Waals surface area contributed by atoms with E-state index in [0.717, 1.165) is 12.5 Å². The molecule has 1 fully saturated rings. The van der Waals surface area contributed by atoms with Crippen molar-refractivity contribution in [1.29, 1.82) is 0 Å². The highest BCUT2D eigenvalue weighted by atomic mass is 32.2. The molecule has 0 aromatic heterocycles. The molecule has 0 bridgehead atoms. The Bertz CT molecular complexity index is 897. The Labute approximate surface area is 144 Å². The fraction of sp³-hybridized carbons (Fsp3) is 0.235. The molecule has 1 amide bonds. The molecule has 0 radical (unpaired) electrons. The van der Waals surface area contributed by atoms with Gasteiger partial charge in [-0.2, -0.15) is 0 Å². The van der Waals surface area contributed by atoms with Gasteiger partial charge in [-0.3, -0.25) is 9.52 Å². The lowest BCUT2D eigenvalue weighted by molar-refractivity contribution is -0.117. The zero-order valence-electron chi connectivity index (χ0n) is 13.3. The summed E-state index contributed by atoms with van der Waals surface area (Å²) in [7, 11) is -4.03.